The number of piperidine rings is 1. The number of nitrogens with one attached hydrogen (secondary N) is 2. The molecule has 2 aliphatic rings. The normalized spacial score (nSPS) is 20.8. The molecule has 11 heteroatoms. The molecule has 0 radical (unpaired) electrons. The molecule has 0 aromatic heterocycles. The van der Waals surface area contributed by atoms with Crippen LogP contribution in [-0.2, 0) is 19.6 Å². The van der Waals surface area contributed by atoms with Gasteiger partial charge in [-0.1, -0.05) is 48.0 Å². The summed E-state index contributed by atoms with van der Waals surface area (Å²) >= 11 is 5.96. The van der Waals surface area contributed by atoms with Gasteiger partial charge in [-0.05, 0) is 93.1 Å². The molecule has 1 amide bonds. The minimum Gasteiger partial charge on any atom is -0.480 e. The average Bonchev–Trinajstić information content (AvgIpc) is 3.68. The van der Waals surface area contributed by atoms with Crippen molar-refractivity contribution in [3.05, 3.63) is 83.4 Å². The molecule has 3 aromatic carbocycles. The van der Waals surface area contributed by atoms with Crippen molar-refractivity contribution in [1.82, 2.24) is 9.62 Å². The molecule has 0 bridgehead atoms. The summed E-state index contributed by atoms with van der Waals surface area (Å²) in [7, 11) is -4.11. The number of ether oxygens (including phenoxy) is 1. The summed E-state index contributed by atoms with van der Waals surface area (Å²) in [6.07, 6.45) is 1.31. The second kappa shape index (κ2) is 11.8. The van der Waals surface area contributed by atoms with Gasteiger partial charge in [-0.3, -0.25) is 4.79 Å². The van der Waals surface area contributed by atoms with Gasteiger partial charge in [0, 0.05) is 35.8 Å². The number of halogens is 1. The van der Waals surface area contributed by atoms with E-state index in [2.05, 4.69) is 10.0 Å². The van der Waals surface area contributed by atoms with E-state index in [0.717, 1.165) is 35.2 Å². The molecule has 228 valence electrons. The summed E-state index contributed by atoms with van der Waals surface area (Å²) in [5.74, 6) is -1.74. The number of rotatable bonds is 8. The van der Waals surface area contributed by atoms with Crippen LogP contribution in [0.4, 0.5) is 10.5 Å². The van der Waals surface area contributed by atoms with Crippen molar-refractivity contribution in [3.63, 3.8) is 0 Å². The van der Waals surface area contributed by atoms with Gasteiger partial charge in [-0.2, -0.15) is 4.72 Å². The fraction of sp³-hybridized carbons (Fsp3) is 0.375. The van der Waals surface area contributed by atoms with Gasteiger partial charge in [0.15, 0.2) is 0 Å². The number of sulfonamides is 1. The number of carboxylic acid groups (broad SMARTS) is 1. The molecule has 1 heterocycles. The number of hydrogen-bond donors (Lipinski definition) is 3. The van der Waals surface area contributed by atoms with E-state index in [-0.39, 0.29) is 23.5 Å². The third kappa shape index (κ3) is 7.14. The maximum atomic E-state index is 13.3. The Labute approximate surface area is 257 Å². The Morgan fingerprint density at radius 3 is 2.16 bits per heavy atom. The molecule has 2 fully saturated rings. The number of carbonyl (C=O) groups is 2. The van der Waals surface area contributed by atoms with Crippen LogP contribution < -0.4 is 10.0 Å². The first kappa shape index (κ1) is 30.8. The predicted octanol–water partition coefficient (Wildman–Crippen LogP) is 6.11. The van der Waals surface area contributed by atoms with E-state index in [1.807, 2.05) is 57.2 Å². The molecule has 1 aliphatic heterocycles. The van der Waals surface area contributed by atoms with Crippen molar-refractivity contribution in [1.29, 1.82) is 0 Å². The molecular weight excluding hydrogens is 590 g/mol. The number of carboxylic acids is 1. The van der Waals surface area contributed by atoms with Crippen molar-refractivity contribution in [2.24, 2.45) is 0 Å². The minimum atomic E-state index is -4.11. The van der Waals surface area contributed by atoms with Crippen LogP contribution in [0.3, 0.4) is 0 Å². The van der Waals surface area contributed by atoms with E-state index >= 15 is 0 Å². The molecule has 43 heavy (non-hydrogen) atoms. The van der Waals surface area contributed by atoms with Crippen LogP contribution in [0.2, 0.25) is 5.02 Å². The fourth-order valence-electron chi connectivity index (χ4n) is 5.44. The fourth-order valence-corrected chi connectivity index (χ4v) is 6.97. The van der Waals surface area contributed by atoms with Crippen LogP contribution in [0.25, 0.3) is 11.1 Å². The van der Waals surface area contributed by atoms with E-state index in [4.69, 9.17) is 16.3 Å². The van der Waals surface area contributed by atoms with E-state index in [1.165, 1.54) is 12.1 Å². The monoisotopic (exact) mass is 625 g/mol. The number of amides is 1. The highest BCUT2D eigenvalue weighted by Crippen LogP contribution is 2.53. The lowest BCUT2D eigenvalue weighted by Crippen LogP contribution is -2.44. The Hall–Kier alpha value is -3.60. The van der Waals surface area contributed by atoms with Crippen LogP contribution >= 0.6 is 11.6 Å². The van der Waals surface area contributed by atoms with Gasteiger partial charge in [0.2, 0.25) is 10.0 Å². The summed E-state index contributed by atoms with van der Waals surface area (Å²) in [5, 5.41) is 14.2. The van der Waals surface area contributed by atoms with E-state index < -0.39 is 33.1 Å². The molecule has 2 unspecified atom stereocenters. The molecule has 9 nitrogen and oxygen atoms in total. The molecular formula is C32H36ClN3O6S. The summed E-state index contributed by atoms with van der Waals surface area (Å²) in [6.45, 7) is 6.67. The first-order chi connectivity index (χ1) is 20.3. The number of anilines is 1. The van der Waals surface area contributed by atoms with Crippen LogP contribution in [0.5, 0.6) is 0 Å². The molecule has 5 rings (SSSR count). The number of aliphatic carboxylic acids is 1. The van der Waals surface area contributed by atoms with E-state index in [1.54, 1.807) is 29.2 Å². The van der Waals surface area contributed by atoms with Gasteiger partial charge in [0.25, 0.3) is 0 Å². The highest BCUT2D eigenvalue weighted by molar-refractivity contribution is 7.89. The number of benzene rings is 3. The third-order valence-corrected chi connectivity index (χ3v) is 9.59. The smallest absolute Gasteiger partial charge is 0.410 e. The van der Waals surface area contributed by atoms with Crippen molar-refractivity contribution in [3.8, 4) is 11.1 Å². The quantitative estimate of drug-likeness (QED) is 0.276. The molecule has 2 atom stereocenters. The minimum absolute atomic E-state index is 0.00960. The second-order valence-electron chi connectivity index (χ2n) is 12.2. The van der Waals surface area contributed by atoms with Crippen LogP contribution in [0.15, 0.2) is 77.7 Å². The number of carbonyl (C=O) groups excluding carboxylic acids is 1. The van der Waals surface area contributed by atoms with Crippen molar-refractivity contribution >= 4 is 39.4 Å². The van der Waals surface area contributed by atoms with E-state index in [9.17, 15) is 23.1 Å². The Balaban J connectivity index is 1.23. The van der Waals surface area contributed by atoms with Crippen LogP contribution in [0.1, 0.15) is 51.5 Å². The largest absolute Gasteiger partial charge is 0.480 e. The van der Waals surface area contributed by atoms with Gasteiger partial charge in [-0.25, -0.2) is 13.2 Å². The topological polar surface area (TPSA) is 125 Å². The predicted molar refractivity (Wildman–Crippen MR) is 166 cm³/mol. The van der Waals surface area contributed by atoms with Crippen LogP contribution in [0, 0.1) is 0 Å². The zero-order chi connectivity index (χ0) is 31.0. The summed E-state index contributed by atoms with van der Waals surface area (Å²) < 4.78 is 34.6. The van der Waals surface area contributed by atoms with Crippen molar-refractivity contribution in [2.45, 2.75) is 68.0 Å². The Morgan fingerprint density at radius 1 is 0.977 bits per heavy atom. The van der Waals surface area contributed by atoms with Gasteiger partial charge < -0.3 is 20.1 Å². The average molecular weight is 626 g/mol. The van der Waals surface area contributed by atoms with Gasteiger partial charge >= 0.3 is 12.1 Å². The Bertz CT molecular complexity index is 1600. The summed E-state index contributed by atoms with van der Waals surface area (Å²) in [4.78, 5) is 26.5. The van der Waals surface area contributed by atoms with Crippen LogP contribution in [-0.4, -0.2) is 60.8 Å². The lowest BCUT2D eigenvalue weighted by molar-refractivity contribution is -0.140. The highest BCUT2D eigenvalue weighted by Gasteiger charge is 2.63. The highest BCUT2D eigenvalue weighted by atomic mass is 35.5. The van der Waals surface area contributed by atoms with Gasteiger partial charge in [0.1, 0.15) is 11.1 Å². The Morgan fingerprint density at radius 2 is 1.58 bits per heavy atom. The molecule has 1 aliphatic carbocycles. The zero-order valence-electron chi connectivity index (χ0n) is 24.3. The Kier molecular flexibility index (Phi) is 8.48. The van der Waals surface area contributed by atoms with Crippen molar-refractivity contribution in [2.75, 3.05) is 18.4 Å². The lowest BCUT2D eigenvalue weighted by atomic mass is 10.0. The third-order valence-electron chi connectivity index (χ3n) is 7.81. The molecule has 3 N–H and O–H groups in total. The number of hydrogen-bond acceptors (Lipinski definition) is 6. The standard InChI is InChI=1S/C32H36ClN3O6S/c1-31(2,3)42-30(39)36-17-15-25(16-18-36)34-26-6-4-5-23(19-26)28-20-32(28,29(37)38)35-43(40,41)27-13-9-22(10-14-27)21-7-11-24(33)12-8-21/h4-14,19,25,28,34-35H,15-18,20H2,1-3H3,(H,37,38). The van der Waals surface area contributed by atoms with Crippen molar-refractivity contribution < 1.29 is 27.9 Å². The second-order valence-corrected chi connectivity index (χ2v) is 14.3. The molecule has 0 spiro atoms. The lowest BCUT2D eigenvalue weighted by Gasteiger charge is -2.34. The maximum absolute atomic E-state index is 13.3. The molecule has 1 saturated heterocycles. The molecule has 3 aromatic rings. The SMILES string of the molecule is CC(C)(C)OC(=O)N1CCC(Nc2cccc(C3CC3(NS(=O)(=O)c3ccc(-c4ccc(Cl)cc4)cc3)C(=O)O)c2)CC1. The maximum Gasteiger partial charge on any atom is 0.410 e. The number of likely N-dealkylation sites (tertiary alicyclic amines) is 1. The zero-order valence-corrected chi connectivity index (χ0v) is 25.9. The molecule has 1 saturated carbocycles. The first-order valence-electron chi connectivity index (χ1n) is 14.2. The van der Waals surface area contributed by atoms with Gasteiger partial charge in [-0.15, -0.1) is 0 Å². The van der Waals surface area contributed by atoms with E-state index in [0.29, 0.717) is 18.1 Å². The van der Waals surface area contributed by atoms with Gasteiger partial charge in [0.05, 0.1) is 4.90 Å². The number of nitrogens with zero attached hydrogens (tertiary/aromatic N) is 1. The summed E-state index contributed by atoms with van der Waals surface area (Å²) in [5.41, 5.74) is 1.07. The summed E-state index contributed by atoms with van der Waals surface area (Å²) in [6, 6.07) is 21.1. The first-order valence-corrected chi connectivity index (χ1v) is 16.1.